The van der Waals surface area contributed by atoms with Crippen molar-refractivity contribution in [3.05, 3.63) is 61.1 Å². The summed E-state index contributed by atoms with van der Waals surface area (Å²) in [6.07, 6.45) is 6.86. The summed E-state index contributed by atoms with van der Waals surface area (Å²) in [4.78, 5) is 35.6. The molecule has 2 aromatic heterocycles. The first-order valence-corrected chi connectivity index (χ1v) is 9.59. The van der Waals surface area contributed by atoms with Gasteiger partial charge in [-0.3, -0.25) is 14.6 Å². The van der Waals surface area contributed by atoms with Crippen LogP contribution in [0.15, 0.2) is 61.1 Å². The molecular formula is C23H22N4O2. The lowest BCUT2D eigenvalue weighted by Gasteiger charge is -2.16. The Bertz CT molecular complexity index is 1060. The zero-order chi connectivity index (χ0) is 20.4. The number of amides is 2. The maximum atomic E-state index is 11.9. The number of hydrogen-bond acceptors (Lipinski definition) is 4. The Morgan fingerprint density at radius 3 is 2.38 bits per heavy atom. The first kappa shape index (κ1) is 18.8. The maximum Gasteiger partial charge on any atom is 0.227 e. The first-order chi connectivity index (χ1) is 14.0. The normalized spacial score (nSPS) is 13.6. The Labute approximate surface area is 169 Å². The van der Waals surface area contributed by atoms with Crippen molar-refractivity contribution in [1.82, 2.24) is 9.97 Å². The Hall–Kier alpha value is -3.54. The summed E-state index contributed by atoms with van der Waals surface area (Å²) in [5.41, 5.74) is 4.84. The molecule has 0 spiro atoms. The minimum absolute atomic E-state index is 0.0712. The molecule has 1 fully saturated rings. The van der Waals surface area contributed by atoms with Crippen molar-refractivity contribution in [2.45, 2.75) is 19.8 Å². The van der Waals surface area contributed by atoms with Gasteiger partial charge in [-0.1, -0.05) is 12.1 Å². The number of rotatable bonds is 4. The average molecular weight is 386 g/mol. The molecule has 0 atom stereocenters. The molecule has 6 heteroatoms. The Morgan fingerprint density at radius 2 is 1.72 bits per heavy atom. The SMILES string of the molecule is CC(=O)N(C)c1cc(-c2cncc(-c3ccc(N4CCCC4=O)cc3)c2)ccn1. The molecule has 0 radical (unpaired) electrons. The van der Waals surface area contributed by atoms with Crippen molar-refractivity contribution in [3.8, 4) is 22.3 Å². The molecule has 1 saturated heterocycles. The lowest BCUT2D eigenvalue weighted by molar-refractivity contribution is -0.117. The van der Waals surface area contributed by atoms with Gasteiger partial charge < -0.3 is 9.80 Å². The second-order valence-electron chi connectivity index (χ2n) is 7.14. The smallest absolute Gasteiger partial charge is 0.227 e. The number of anilines is 2. The number of nitrogens with zero attached hydrogens (tertiary/aromatic N) is 4. The zero-order valence-corrected chi connectivity index (χ0v) is 16.5. The van der Waals surface area contributed by atoms with Gasteiger partial charge in [0.2, 0.25) is 11.8 Å². The highest BCUT2D eigenvalue weighted by Crippen LogP contribution is 2.29. The van der Waals surface area contributed by atoms with E-state index in [4.69, 9.17) is 0 Å². The van der Waals surface area contributed by atoms with Crippen LogP contribution in [0.25, 0.3) is 22.3 Å². The summed E-state index contributed by atoms with van der Waals surface area (Å²) in [5.74, 6) is 0.712. The lowest BCUT2D eigenvalue weighted by atomic mass is 10.0. The Balaban J connectivity index is 1.62. The van der Waals surface area contributed by atoms with Crippen LogP contribution in [0.5, 0.6) is 0 Å². The predicted molar refractivity (Wildman–Crippen MR) is 114 cm³/mol. The molecule has 0 N–H and O–H groups in total. The van der Waals surface area contributed by atoms with Crippen LogP contribution >= 0.6 is 0 Å². The fourth-order valence-electron chi connectivity index (χ4n) is 3.45. The highest BCUT2D eigenvalue weighted by molar-refractivity contribution is 5.95. The first-order valence-electron chi connectivity index (χ1n) is 9.59. The molecule has 1 aliphatic heterocycles. The molecule has 29 heavy (non-hydrogen) atoms. The van der Waals surface area contributed by atoms with E-state index in [-0.39, 0.29) is 11.8 Å². The van der Waals surface area contributed by atoms with Gasteiger partial charge in [-0.2, -0.15) is 0 Å². The van der Waals surface area contributed by atoms with E-state index in [1.54, 1.807) is 19.4 Å². The minimum atomic E-state index is -0.0712. The number of carbonyl (C=O) groups is 2. The fourth-order valence-corrected chi connectivity index (χ4v) is 3.45. The van der Waals surface area contributed by atoms with Gasteiger partial charge in [-0.15, -0.1) is 0 Å². The Kier molecular flexibility index (Phi) is 5.08. The van der Waals surface area contributed by atoms with Gasteiger partial charge in [0, 0.05) is 62.3 Å². The van der Waals surface area contributed by atoms with Crippen LogP contribution in [0.3, 0.4) is 0 Å². The second kappa shape index (κ2) is 7.83. The monoisotopic (exact) mass is 386 g/mol. The number of benzene rings is 1. The summed E-state index contributed by atoms with van der Waals surface area (Å²) in [6.45, 7) is 2.30. The van der Waals surface area contributed by atoms with Crippen molar-refractivity contribution in [1.29, 1.82) is 0 Å². The molecule has 1 aliphatic rings. The zero-order valence-electron chi connectivity index (χ0n) is 16.5. The van der Waals surface area contributed by atoms with Crippen LogP contribution in [0.2, 0.25) is 0 Å². The van der Waals surface area contributed by atoms with E-state index in [0.717, 1.165) is 40.9 Å². The third-order valence-electron chi connectivity index (χ3n) is 5.22. The van der Waals surface area contributed by atoms with E-state index in [1.165, 1.54) is 11.8 Å². The topological polar surface area (TPSA) is 66.4 Å². The third-order valence-corrected chi connectivity index (χ3v) is 5.22. The van der Waals surface area contributed by atoms with Gasteiger partial charge in [0.15, 0.2) is 0 Å². The molecular weight excluding hydrogens is 364 g/mol. The summed E-state index contributed by atoms with van der Waals surface area (Å²) >= 11 is 0. The molecule has 0 saturated carbocycles. The fraction of sp³-hybridized carbons (Fsp3) is 0.217. The predicted octanol–water partition coefficient (Wildman–Crippen LogP) is 3.92. The van der Waals surface area contributed by atoms with Crippen LogP contribution in [0, 0.1) is 0 Å². The molecule has 3 heterocycles. The van der Waals surface area contributed by atoms with Crippen LogP contribution in [-0.4, -0.2) is 35.4 Å². The van der Waals surface area contributed by atoms with Crippen molar-refractivity contribution in [2.75, 3.05) is 23.4 Å². The minimum Gasteiger partial charge on any atom is -0.312 e. The van der Waals surface area contributed by atoms with Crippen molar-refractivity contribution in [3.63, 3.8) is 0 Å². The van der Waals surface area contributed by atoms with E-state index in [9.17, 15) is 9.59 Å². The number of carbonyl (C=O) groups excluding carboxylic acids is 2. The Morgan fingerprint density at radius 1 is 1.00 bits per heavy atom. The summed E-state index contributed by atoms with van der Waals surface area (Å²) in [5, 5.41) is 0. The summed E-state index contributed by atoms with van der Waals surface area (Å²) in [7, 11) is 1.70. The summed E-state index contributed by atoms with van der Waals surface area (Å²) < 4.78 is 0. The molecule has 3 aromatic rings. The third kappa shape index (κ3) is 3.87. The van der Waals surface area contributed by atoms with E-state index in [2.05, 4.69) is 16.0 Å². The van der Waals surface area contributed by atoms with Gasteiger partial charge in [-0.05, 0) is 47.9 Å². The van der Waals surface area contributed by atoms with Crippen LogP contribution in [0.1, 0.15) is 19.8 Å². The van der Waals surface area contributed by atoms with E-state index < -0.39 is 0 Å². The average Bonchev–Trinajstić information content (AvgIpc) is 3.19. The molecule has 2 amide bonds. The van der Waals surface area contributed by atoms with E-state index in [0.29, 0.717) is 12.2 Å². The summed E-state index contributed by atoms with van der Waals surface area (Å²) in [6, 6.07) is 13.8. The van der Waals surface area contributed by atoms with Gasteiger partial charge in [-0.25, -0.2) is 4.98 Å². The standard InChI is InChI=1S/C23H22N4O2/c1-16(28)26(2)22-13-18(9-10-25-22)20-12-19(14-24-15-20)17-5-7-21(8-6-17)27-11-3-4-23(27)29/h5-10,12-15H,3-4,11H2,1-2H3. The van der Waals surface area contributed by atoms with Crippen LogP contribution < -0.4 is 9.80 Å². The highest BCUT2D eigenvalue weighted by Gasteiger charge is 2.21. The van der Waals surface area contributed by atoms with Crippen molar-refractivity contribution >= 4 is 23.3 Å². The maximum absolute atomic E-state index is 11.9. The molecule has 0 unspecified atom stereocenters. The largest absolute Gasteiger partial charge is 0.312 e. The molecule has 0 bridgehead atoms. The van der Waals surface area contributed by atoms with Crippen LogP contribution in [0.4, 0.5) is 11.5 Å². The highest BCUT2D eigenvalue weighted by atomic mass is 16.2. The van der Waals surface area contributed by atoms with Gasteiger partial charge in [0.1, 0.15) is 5.82 Å². The van der Waals surface area contributed by atoms with Gasteiger partial charge in [0.25, 0.3) is 0 Å². The number of pyridine rings is 2. The molecule has 6 nitrogen and oxygen atoms in total. The van der Waals surface area contributed by atoms with Crippen molar-refractivity contribution in [2.24, 2.45) is 0 Å². The molecule has 146 valence electrons. The van der Waals surface area contributed by atoms with Gasteiger partial charge >= 0.3 is 0 Å². The van der Waals surface area contributed by atoms with Gasteiger partial charge in [0.05, 0.1) is 0 Å². The number of hydrogen-bond donors (Lipinski definition) is 0. The van der Waals surface area contributed by atoms with Crippen LogP contribution in [-0.2, 0) is 9.59 Å². The quantitative estimate of drug-likeness (QED) is 0.682. The molecule has 1 aromatic carbocycles. The number of aromatic nitrogens is 2. The second-order valence-corrected chi connectivity index (χ2v) is 7.14. The molecule has 4 rings (SSSR count). The van der Waals surface area contributed by atoms with E-state index >= 15 is 0 Å². The van der Waals surface area contributed by atoms with Crippen molar-refractivity contribution < 1.29 is 9.59 Å². The van der Waals surface area contributed by atoms with E-state index in [1.807, 2.05) is 47.5 Å². The lowest BCUT2D eigenvalue weighted by Crippen LogP contribution is -2.23. The molecule has 0 aliphatic carbocycles.